The number of hydrogen-bond donors (Lipinski definition) is 1. The predicted octanol–water partition coefficient (Wildman–Crippen LogP) is 8.38. The maximum atomic E-state index is 11.1. The van der Waals surface area contributed by atoms with Gasteiger partial charge in [0.15, 0.2) is 28.7 Å². The molecule has 0 aromatic heterocycles. The molecule has 0 bridgehead atoms. The fourth-order valence-electron chi connectivity index (χ4n) is 3.85. The van der Waals surface area contributed by atoms with Crippen molar-refractivity contribution in [3.8, 4) is 34.5 Å². The first-order chi connectivity index (χ1) is 20.6. The number of halogens is 2. The summed E-state index contributed by atoms with van der Waals surface area (Å²) in [5.74, 6) is 3.29. The van der Waals surface area contributed by atoms with Crippen LogP contribution in [0.1, 0.15) is 36.1 Å². The molecule has 4 N–H and O–H groups in total. The van der Waals surface area contributed by atoms with Gasteiger partial charge in [-0.25, -0.2) is 0 Å². The molecule has 4 aromatic rings. The van der Waals surface area contributed by atoms with E-state index in [4.69, 9.17) is 42.5 Å². The predicted molar refractivity (Wildman–Crippen MR) is 179 cm³/mol. The maximum absolute atomic E-state index is 11.1. The number of hydrogen-bond acceptors (Lipinski definition) is 7. The molecule has 2 radical (unpaired) electrons. The SMILES string of the molecule is CCc1ccc(Oc2cc(C)ccc2N)c(OC)c1.CCc1ccc(Oc2cc(C)ccc2[N+](=O)[O-])c(OC)c1.O.[Cl][Sn][Cl]. The summed E-state index contributed by atoms with van der Waals surface area (Å²) < 4.78 is 22.2. The fourth-order valence-corrected chi connectivity index (χ4v) is 3.85. The first-order valence-corrected chi connectivity index (χ1v) is 20.6. The van der Waals surface area contributed by atoms with E-state index in [0.717, 1.165) is 35.3 Å². The Labute approximate surface area is 276 Å². The summed E-state index contributed by atoms with van der Waals surface area (Å²) in [6, 6.07) is 22.0. The number of nitrogens with two attached hydrogens (primary N) is 1. The fraction of sp³-hybridized carbons (Fsp3) is 0.250. The normalized spacial score (nSPS) is 9.73. The quantitative estimate of drug-likeness (QED) is 0.0785. The van der Waals surface area contributed by atoms with Crippen LogP contribution in [0.25, 0.3) is 0 Å². The number of nitro benzene ring substituents is 1. The zero-order valence-electron chi connectivity index (χ0n) is 25.6. The van der Waals surface area contributed by atoms with Crippen LogP contribution in [-0.4, -0.2) is 43.5 Å². The number of aryl methyl sites for hydroxylation is 4. The summed E-state index contributed by atoms with van der Waals surface area (Å²) in [7, 11) is 13.1. The van der Waals surface area contributed by atoms with Crippen molar-refractivity contribution in [2.45, 2.75) is 40.5 Å². The van der Waals surface area contributed by atoms with E-state index < -0.39 is 23.8 Å². The molecule has 0 aliphatic rings. The van der Waals surface area contributed by atoms with Crippen LogP contribution in [-0.2, 0) is 12.8 Å². The van der Waals surface area contributed by atoms with Gasteiger partial charge in [0.05, 0.1) is 24.8 Å². The Bertz CT molecular complexity index is 1510. The molecule has 0 fully saturated rings. The number of rotatable bonds is 9. The Morgan fingerprint density at radius 2 is 1.14 bits per heavy atom. The van der Waals surface area contributed by atoms with E-state index in [0.29, 0.717) is 28.7 Å². The van der Waals surface area contributed by atoms with Gasteiger partial charge in [0.1, 0.15) is 0 Å². The molecule has 0 aliphatic carbocycles. The molecule has 236 valence electrons. The first-order valence-electron chi connectivity index (χ1n) is 13.4. The van der Waals surface area contributed by atoms with Gasteiger partial charge in [0, 0.05) is 6.07 Å². The molecule has 0 aliphatic heterocycles. The zero-order chi connectivity index (χ0) is 31.9. The second kappa shape index (κ2) is 19.8. The van der Waals surface area contributed by atoms with Crippen molar-refractivity contribution in [3.63, 3.8) is 0 Å². The van der Waals surface area contributed by atoms with Gasteiger partial charge < -0.3 is 30.2 Å². The van der Waals surface area contributed by atoms with Crippen molar-refractivity contribution in [3.05, 3.63) is 105 Å². The molecule has 0 unspecified atom stereocenters. The summed E-state index contributed by atoms with van der Waals surface area (Å²) in [6.45, 7) is 8.01. The average Bonchev–Trinajstić information content (AvgIpc) is 3.00. The van der Waals surface area contributed by atoms with Crippen LogP contribution >= 0.6 is 17.8 Å². The summed E-state index contributed by atoms with van der Waals surface area (Å²) in [5.41, 5.74) is 10.8. The van der Waals surface area contributed by atoms with Crippen molar-refractivity contribution in [2.75, 3.05) is 20.0 Å². The van der Waals surface area contributed by atoms with E-state index in [-0.39, 0.29) is 16.9 Å². The molecule has 0 spiro atoms. The van der Waals surface area contributed by atoms with Crippen molar-refractivity contribution in [1.29, 1.82) is 0 Å². The van der Waals surface area contributed by atoms with Gasteiger partial charge in [-0.1, -0.05) is 38.1 Å². The standard InChI is InChI=1S/C16H17NO4.C16H19NO2.2ClH.H2O.Sn/c1-4-12-6-8-14(16(10-12)20-3)21-15-9-11(2)5-7-13(15)17(18)19;1-4-12-6-8-14(16(10-12)18-3)19-15-9-11(2)5-7-13(15)17;;;;/h5-10H,4H2,1-3H3;5-10H,4,17H2,1-3H3;2*1H;1H2;/q;;;;;+2/p-2. The topological polar surface area (TPSA) is 138 Å². The number of nitro groups is 1. The second-order valence-corrected chi connectivity index (χ2v) is 13.5. The van der Waals surface area contributed by atoms with Crippen LogP contribution in [0.2, 0.25) is 0 Å². The third-order valence-corrected chi connectivity index (χ3v) is 6.19. The molecular formula is C32H38Cl2N2O7Sn. The molecule has 0 atom stereocenters. The summed E-state index contributed by atoms with van der Waals surface area (Å²) in [4.78, 5) is 10.6. The Morgan fingerprint density at radius 1 is 0.705 bits per heavy atom. The number of anilines is 1. The number of nitrogen functional groups attached to an aromatic ring is 1. The van der Waals surface area contributed by atoms with Gasteiger partial charge in [-0.2, -0.15) is 0 Å². The van der Waals surface area contributed by atoms with E-state index in [1.165, 1.54) is 11.6 Å². The molecule has 4 aromatic carbocycles. The zero-order valence-corrected chi connectivity index (χ0v) is 29.9. The van der Waals surface area contributed by atoms with Gasteiger partial charge in [-0.05, 0) is 91.4 Å². The van der Waals surface area contributed by atoms with Gasteiger partial charge in [0.25, 0.3) is 0 Å². The Kier molecular flexibility index (Phi) is 17.4. The van der Waals surface area contributed by atoms with E-state index >= 15 is 0 Å². The molecule has 44 heavy (non-hydrogen) atoms. The Hall–Kier alpha value is -3.38. The first kappa shape index (κ1) is 38.6. The number of benzene rings is 4. The van der Waals surface area contributed by atoms with Crippen molar-refractivity contribution in [2.24, 2.45) is 0 Å². The van der Waals surface area contributed by atoms with Crippen LogP contribution in [0.4, 0.5) is 11.4 Å². The summed E-state index contributed by atoms with van der Waals surface area (Å²) in [5, 5.41) is 11.1. The molecule has 0 saturated carbocycles. The molecule has 0 saturated heterocycles. The Balaban J connectivity index is 0.000000397. The molecular weight excluding hydrogens is 714 g/mol. The minimum atomic E-state index is -0.826. The molecule has 0 heterocycles. The van der Waals surface area contributed by atoms with Gasteiger partial charge in [0.2, 0.25) is 5.75 Å². The van der Waals surface area contributed by atoms with Gasteiger partial charge >= 0.3 is 42.4 Å². The number of nitrogens with zero attached hydrogens (tertiary/aromatic N) is 1. The van der Waals surface area contributed by atoms with Crippen LogP contribution in [0.5, 0.6) is 34.5 Å². The van der Waals surface area contributed by atoms with E-state index in [2.05, 4.69) is 6.92 Å². The van der Waals surface area contributed by atoms with Crippen molar-refractivity contribution >= 4 is 48.1 Å². The number of ether oxygens (including phenoxy) is 4. The Morgan fingerprint density at radius 3 is 1.57 bits per heavy atom. The van der Waals surface area contributed by atoms with Crippen LogP contribution in [0, 0.1) is 24.0 Å². The van der Waals surface area contributed by atoms with E-state index in [9.17, 15) is 10.1 Å². The minimum absolute atomic E-state index is 0. The molecule has 4 rings (SSSR count). The van der Waals surface area contributed by atoms with Crippen LogP contribution in [0.15, 0.2) is 72.8 Å². The monoisotopic (exact) mass is 752 g/mol. The second-order valence-electron chi connectivity index (χ2n) is 9.22. The van der Waals surface area contributed by atoms with Crippen LogP contribution < -0.4 is 24.7 Å². The third kappa shape index (κ3) is 11.6. The van der Waals surface area contributed by atoms with Crippen molar-refractivity contribution < 1.29 is 29.3 Å². The molecule has 9 nitrogen and oxygen atoms in total. The summed E-state index contributed by atoms with van der Waals surface area (Å²) in [6.07, 6.45) is 1.84. The number of methoxy groups -OCH3 is 2. The molecule has 12 heteroatoms. The van der Waals surface area contributed by atoms with E-state index in [1.54, 1.807) is 32.4 Å². The van der Waals surface area contributed by atoms with Gasteiger partial charge in [-0.3, -0.25) is 10.1 Å². The average molecular weight is 752 g/mol. The summed E-state index contributed by atoms with van der Waals surface area (Å²) >= 11 is -0.826. The van der Waals surface area contributed by atoms with Crippen molar-refractivity contribution in [1.82, 2.24) is 0 Å². The van der Waals surface area contributed by atoms with E-state index in [1.807, 2.05) is 69.3 Å². The van der Waals surface area contributed by atoms with Gasteiger partial charge in [-0.15, -0.1) is 0 Å². The third-order valence-electron chi connectivity index (χ3n) is 6.19. The molecule has 0 amide bonds. The van der Waals surface area contributed by atoms with Crippen LogP contribution in [0.3, 0.4) is 0 Å².